The lowest BCUT2D eigenvalue weighted by Gasteiger charge is -2.26. The molecule has 6 atom stereocenters. The number of hydrogen-bond acceptors (Lipinski definition) is 17. The van der Waals surface area contributed by atoms with Gasteiger partial charge in [0.25, 0.3) is 0 Å². The van der Waals surface area contributed by atoms with E-state index in [9.17, 15) is 28.5 Å². The molecule has 346 valence electrons. The third-order valence-corrected chi connectivity index (χ3v) is 11.0. The number of aromatic nitrogens is 2. The fraction of sp³-hybridized carbons (Fsp3) is 0.512. The summed E-state index contributed by atoms with van der Waals surface area (Å²) >= 11 is 0.740. The van der Waals surface area contributed by atoms with Gasteiger partial charge in [-0.05, 0) is 99.9 Å². The molecular weight excluding hydrogens is 871 g/mol. The Morgan fingerprint density at radius 3 is 2.02 bits per heavy atom. The lowest BCUT2D eigenvalue weighted by Crippen LogP contribution is -2.42. The number of rotatable bonds is 15. The van der Waals surface area contributed by atoms with Crippen molar-refractivity contribution in [3.05, 3.63) is 88.5 Å². The molecule has 0 saturated carbocycles. The van der Waals surface area contributed by atoms with Crippen LogP contribution in [0.25, 0.3) is 0 Å². The Morgan fingerprint density at radius 2 is 1.48 bits per heavy atom. The average Bonchev–Trinajstić information content (AvgIpc) is 3.48. The van der Waals surface area contributed by atoms with Crippen LogP contribution >= 0.6 is 19.5 Å². The predicted molar refractivity (Wildman–Crippen MR) is 226 cm³/mol. The maximum Gasteiger partial charge on any atom is 0.509 e. The van der Waals surface area contributed by atoms with Crippen LogP contribution in [0.1, 0.15) is 85.7 Å². The molecule has 1 aliphatic heterocycles. The molecule has 1 unspecified atom stereocenters. The summed E-state index contributed by atoms with van der Waals surface area (Å²) < 4.78 is 59.8. The highest BCUT2D eigenvalue weighted by molar-refractivity contribution is 8.00. The summed E-state index contributed by atoms with van der Waals surface area (Å²) in [5, 5.41) is -0.144. The minimum Gasteiger partial charge on any atom is -0.460 e. The van der Waals surface area contributed by atoms with Gasteiger partial charge in [-0.25, -0.2) is 28.1 Å². The van der Waals surface area contributed by atoms with Crippen LogP contribution < -0.4 is 20.2 Å². The Labute approximate surface area is 368 Å². The first kappa shape index (κ1) is 50.6. The summed E-state index contributed by atoms with van der Waals surface area (Å²) in [6, 6.07) is 15.1. The fourth-order valence-corrected chi connectivity index (χ4v) is 8.18. The number of nitrogens with one attached hydrogen (secondary N) is 1. The second kappa shape index (κ2) is 21.1. The van der Waals surface area contributed by atoms with Crippen LogP contribution in [0.2, 0.25) is 0 Å². The number of hydrogen-bond donors (Lipinski definition) is 1. The zero-order chi connectivity index (χ0) is 46.9. The molecule has 0 radical (unpaired) electrons. The van der Waals surface area contributed by atoms with Crippen molar-refractivity contribution < 1.29 is 70.9 Å². The quantitative estimate of drug-likeness (QED) is 0.0656. The smallest absolute Gasteiger partial charge is 0.460 e. The standard InChI is InChI=1S/C41H54FN4O15PS/c1-25-17-19-28(20-18-25)59-62(52,44-26(2)34(47)53-23-27-15-13-12-14-16-27)54-24-29-32(55-38(51)56-39(3,4)5)31(42)33(63-29)45-22-21-30(43-35(45)48)46(36(49)57-60-40(6,7)8)37(50)58-61-41(9,10)11/h12-22,26,29,31-33H,23-24H2,1-11H3,(H,44,52)/t26-,29+,31-,32+,33+,62?/m0/s1. The first-order valence-electron chi connectivity index (χ1n) is 19.6. The van der Waals surface area contributed by atoms with Crippen molar-refractivity contribution in [1.29, 1.82) is 0 Å². The van der Waals surface area contributed by atoms with Gasteiger partial charge in [-0.15, -0.1) is 11.8 Å². The van der Waals surface area contributed by atoms with E-state index in [-0.39, 0.29) is 17.3 Å². The Balaban J connectivity index is 1.64. The number of aryl methyl sites for hydroxylation is 1. The molecule has 3 aromatic rings. The Morgan fingerprint density at radius 1 is 0.889 bits per heavy atom. The highest BCUT2D eigenvalue weighted by atomic mass is 32.2. The number of alkyl halides is 1. The molecule has 22 heteroatoms. The zero-order valence-electron chi connectivity index (χ0n) is 36.9. The van der Waals surface area contributed by atoms with Crippen LogP contribution in [-0.4, -0.2) is 80.8 Å². The molecule has 19 nitrogen and oxygen atoms in total. The molecule has 0 aliphatic carbocycles. The first-order valence-corrected chi connectivity index (χ1v) is 22.1. The van der Waals surface area contributed by atoms with E-state index in [1.165, 1.54) is 19.1 Å². The molecule has 2 heterocycles. The van der Waals surface area contributed by atoms with Gasteiger partial charge in [-0.1, -0.05) is 48.0 Å². The lowest BCUT2D eigenvalue weighted by molar-refractivity contribution is -0.305. The summed E-state index contributed by atoms with van der Waals surface area (Å²) in [6.07, 6.45) is -7.01. The van der Waals surface area contributed by atoms with Crippen molar-refractivity contribution in [2.75, 3.05) is 11.5 Å². The second-order valence-corrected chi connectivity index (χ2v) is 20.2. The highest BCUT2D eigenvalue weighted by Crippen LogP contribution is 2.50. The fourth-order valence-electron chi connectivity index (χ4n) is 5.10. The van der Waals surface area contributed by atoms with Gasteiger partial charge >= 0.3 is 37.7 Å². The van der Waals surface area contributed by atoms with Gasteiger partial charge in [-0.3, -0.25) is 23.7 Å². The Kier molecular flexibility index (Phi) is 16.9. The molecule has 4 rings (SSSR count). The van der Waals surface area contributed by atoms with Gasteiger partial charge in [0.2, 0.25) is 0 Å². The van der Waals surface area contributed by atoms with Crippen LogP contribution in [0.5, 0.6) is 5.75 Å². The number of amides is 2. The number of nitrogens with zero attached hydrogens (tertiary/aromatic N) is 3. The van der Waals surface area contributed by atoms with Crippen LogP contribution in [0, 0.1) is 6.92 Å². The van der Waals surface area contributed by atoms with Crippen LogP contribution in [0.4, 0.5) is 24.6 Å². The van der Waals surface area contributed by atoms with Gasteiger partial charge in [0.1, 0.15) is 40.6 Å². The second-order valence-electron chi connectivity index (χ2n) is 17.1. The van der Waals surface area contributed by atoms with Crippen molar-refractivity contribution in [3.63, 3.8) is 0 Å². The van der Waals surface area contributed by atoms with Crippen molar-refractivity contribution in [3.8, 4) is 5.75 Å². The topological polar surface area (TPSA) is 219 Å². The molecule has 1 N–H and O–H groups in total. The number of ether oxygens (including phenoxy) is 3. The normalized spacial score (nSPS) is 19.2. The molecule has 2 aromatic carbocycles. The largest absolute Gasteiger partial charge is 0.509 e. The van der Waals surface area contributed by atoms with Crippen molar-refractivity contribution in [2.24, 2.45) is 0 Å². The molecule has 2 amide bonds. The molecule has 1 fully saturated rings. The number of carbonyl (C=O) groups is 4. The predicted octanol–water partition coefficient (Wildman–Crippen LogP) is 8.29. The molecule has 0 spiro atoms. The number of halogens is 1. The zero-order valence-corrected chi connectivity index (χ0v) is 38.6. The summed E-state index contributed by atoms with van der Waals surface area (Å²) in [4.78, 5) is 89.6. The van der Waals surface area contributed by atoms with E-state index in [1.807, 2.05) is 6.92 Å². The summed E-state index contributed by atoms with van der Waals surface area (Å²) in [5.41, 5.74) is -2.68. The van der Waals surface area contributed by atoms with Gasteiger partial charge in [0.15, 0.2) is 18.1 Å². The van der Waals surface area contributed by atoms with Crippen LogP contribution in [-0.2, 0) is 54.3 Å². The summed E-state index contributed by atoms with van der Waals surface area (Å²) in [6.45, 7) is 16.6. The Hall–Kier alpha value is -5.05. The molecule has 0 bridgehead atoms. The van der Waals surface area contributed by atoms with Gasteiger partial charge in [-0.2, -0.15) is 24.7 Å². The molecular formula is C41H54FN4O15PS. The molecule has 1 saturated heterocycles. The first-order chi connectivity index (χ1) is 29.2. The lowest BCUT2D eigenvalue weighted by atomic mass is 10.1. The van der Waals surface area contributed by atoms with Crippen molar-refractivity contribution in [1.82, 2.24) is 14.6 Å². The van der Waals surface area contributed by atoms with Crippen molar-refractivity contribution >= 4 is 49.6 Å². The van der Waals surface area contributed by atoms with E-state index >= 15 is 4.39 Å². The molecule has 1 aliphatic rings. The maximum atomic E-state index is 16.7. The highest BCUT2D eigenvalue weighted by Gasteiger charge is 2.50. The number of thioether (sulfide) groups is 1. The van der Waals surface area contributed by atoms with E-state index in [0.717, 1.165) is 34.2 Å². The molecule has 63 heavy (non-hydrogen) atoms. The van der Waals surface area contributed by atoms with Gasteiger partial charge in [0.05, 0.1) is 11.9 Å². The van der Waals surface area contributed by atoms with E-state index < -0.39 is 95.9 Å². The monoisotopic (exact) mass is 924 g/mol. The SMILES string of the molecule is Cc1ccc(OP(=O)(N[C@@H](C)C(=O)OCc2ccccc2)OC[C@H]2S[C@@H](n3ccc(N(C(=O)OOC(C)(C)C)C(=O)OOC(C)(C)C)nc3=O)[C@@H](F)[C@@H]2OC(=O)OC(C)(C)C)cc1. The average molecular weight is 925 g/mol. The summed E-state index contributed by atoms with van der Waals surface area (Å²) in [5.74, 6) is -1.31. The van der Waals surface area contributed by atoms with Crippen molar-refractivity contribution in [2.45, 2.75) is 129 Å². The third kappa shape index (κ3) is 15.9. The molecule has 1 aromatic heterocycles. The van der Waals surface area contributed by atoms with Gasteiger partial charge < -0.3 is 18.7 Å². The third-order valence-electron chi connectivity index (χ3n) is 7.88. The summed E-state index contributed by atoms with van der Waals surface area (Å²) in [7, 11) is -4.55. The van der Waals surface area contributed by atoms with E-state index in [1.54, 1.807) is 105 Å². The Bertz CT molecular complexity index is 2130. The van der Waals surface area contributed by atoms with E-state index in [0.29, 0.717) is 5.56 Å². The van der Waals surface area contributed by atoms with Crippen LogP contribution in [0.15, 0.2) is 71.7 Å². The van der Waals surface area contributed by atoms with E-state index in [2.05, 4.69) is 10.1 Å². The minimum absolute atomic E-state index is 0.0734. The van der Waals surface area contributed by atoms with E-state index in [4.69, 9.17) is 42.8 Å². The number of imide groups is 1. The number of anilines is 1. The van der Waals surface area contributed by atoms with Gasteiger partial charge in [0, 0.05) is 6.20 Å². The minimum atomic E-state index is -4.55. The number of esters is 1. The maximum absolute atomic E-state index is 16.7. The number of benzene rings is 2. The number of carbonyl (C=O) groups excluding carboxylic acids is 4. The van der Waals surface area contributed by atoms with Crippen LogP contribution in [0.3, 0.4) is 0 Å².